The Kier molecular flexibility index (Phi) is 6.29. The normalized spacial score (nSPS) is 22.4. The number of ether oxygens (including phenoxy) is 1. The van der Waals surface area contributed by atoms with Crippen molar-refractivity contribution < 1.29 is 17.9 Å². The molecule has 26 heavy (non-hydrogen) atoms. The van der Waals surface area contributed by atoms with Crippen molar-refractivity contribution in [3.8, 4) is 0 Å². The summed E-state index contributed by atoms with van der Waals surface area (Å²) in [6.45, 7) is 5.11. The van der Waals surface area contributed by atoms with E-state index in [1.807, 2.05) is 6.92 Å². The monoisotopic (exact) mass is 381 g/mol. The van der Waals surface area contributed by atoms with Crippen LogP contribution in [0.4, 0.5) is 0 Å². The van der Waals surface area contributed by atoms with E-state index in [1.165, 1.54) is 10.4 Å². The zero-order valence-corrected chi connectivity index (χ0v) is 15.9. The third-order valence-corrected chi connectivity index (χ3v) is 6.83. The molecule has 2 aliphatic heterocycles. The minimum Gasteiger partial charge on any atom is -0.378 e. The van der Waals surface area contributed by atoms with Crippen molar-refractivity contribution in [3.63, 3.8) is 0 Å². The number of hydrogen-bond acceptors (Lipinski definition) is 5. The van der Waals surface area contributed by atoms with Gasteiger partial charge in [0.05, 0.1) is 11.0 Å². The van der Waals surface area contributed by atoms with Crippen LogP contribution in [0.5, 0.6) is 0 Å². The summed E-state index contributed by atoms with van der Waals surface area (Å²) in [5.41, 5.74) is 0.377. The van der Waals surface area contributed by atoms with Crippen LogP contribution in [0.3, 0.4) is 0 Å². The van der Waals surface area contributed by atoms with Crippen LogP contribution >= 0.6 is 0 Å². The summed E-state index contributed by atoms with van der Waals surface area (Å²) in [7, 11) is -3.60. The van der Waals surface area contributed by atoms with E-state index in [2.05, 4.69) is 10.6 Å². The number of nitrogens with one attached hydrogen (secondary N) is 2. The number of nitrogens with zero attached hydrogens (tertiary/aromatic N) is 1. The van der Waals surface area contributed by atoms with Gasteiger partial charge in [-0.3, -0.25) is 4.79 Å². The Morgan fingerprint density at radius 1 is 1.31 bits per heavy atom. The van der Waals surface area contributed by atoms with Gasteiger partial charge < -0.3 is 15.4 Å². The molecule has 1 amide bonds. The third kappa shape index (κ3) is 4.43. The van der Waals surface area contributed by atoms with E-state index in [4.69, 9.17) is 4.74 Å². The average molecular weight is 381 g/mol. The van der Waals surface area contributed by atoms with Crippen LogP contribution in [0, 0.1) is 0 Å². The zero-order chi connectivity index (χ0) is 18.6. The largest absolute Gasteiger partial charge is 0.378 e. The van der Waals surface area contributed by atoms with Crippen LogP contribution in [0.25, 0.3) is 0 Å². The van der Waals surface area contributed by atoms with Crippen molar-refractivity contribution >= 4 is 15.9 Å². The maximum absolute atomic E-state index is 12.9. The topological polar surface area (TPSA) is 87.7 Å². The summed E-state index contributed by atoms with van der Waals surface area (Å²) >= 11 is 0. The highest BCUT2D eigenvalue weighted by Gasteiger charge is 2.30. The molecule has 1 aromatic carbocycles. The number of amides is 1. The Bertz CT molecular complexity index is 724. The second-order valence-corrected chi connectivity index (χ2v) is 8.69. The van der Waals surface area contributed by atoms with Crippen LogP contribution in [0.1, 0.15) is 36.5 Å². The van der Waals surface area contributed by atoms with E-state index < -0.39 is 10.0 Å². The molecule has 8 heteroatoms. The molecule has 7 nitrogen and oxygen atoms in total. The van der Waals surface area contributed by atoms with Crippen molar-refractivity contribution in [1.82, 2.24) is 14.9 Å². The molecular weight excluding hydrogens is 354 g/mol. The SMILES string of the molecule is CCOC1CCN(S(=O)(=O)c2cccc(C(=O)N[C@H]3CCNC3)c2)CC1. The molecule has 0 saturated carbocycles. The van der Waals surface area contributed by atoms with Crippen molar-refractivity contribution in [3.05, 3.63) is 29.8 Å². The van der Waals surface area contributed by atoms with Gasteiger partial charge in [-0.05, 0) is 50.9 Å². The number of benzene rings is 1. The molecule has 0 radical (unpaired) electrons. The highest BCUT2D eigenvalue weighted by molar-refractivity contribution is 7.89. The fourth-order valence-corrected chi connectivity index (χ4v) is 4.98. The molecule has 1 aromatic rings. The first-order valence-electron chi connectivity index (χ1n) is 9.24. The lowest BCUT2D eigenvalue weighted by Crippen LogP contribution is -2.41. The van der Waals surface area contributed by atoms with Crippen molar-refractivity contribution in [2.75, 3.05) is 32.8 Å². The van der Waals surface area contributed by atoms with Crippen LogP contribution in [-0.2, 0) is 14.8 Å². The molecule has 2 saturated heterocycles. The fourth-order valence-electron chi connectivity index (χ4n) is 3.47. The minimum atomic E-state index is -3.60. The summed E-state index contributed by atoms with van der Waals surface area (Å²) in [6, 6.07) is 6.40. The van der Waals surface area contributed by atoms with Gasteiger partial charge in [-0.15, -0.1) is 0 Å². The molecule has 144 valence electrons. The highest BCUT2D eigenvalue weighted by atomic mass is 32.2. The lowest BCUT2D eigenvalue weighted by Gasteiger charge is -2.31. The van der Waals surface area contributed by atoms with Gasteiger partial charge in [0, 0.05) is 37.8 Å². The number of rotatable bonds is 6. The number of sulfonamides is 1. The van der Waals surface area contributed by atoms with Crippen molar-refractivity contribution in [1.29, 1.82) is 0 Å². The molecule has 2 aliphatic rings. The number of hydrogen-bond donors (Lipinski definition) is 2. The molecule has 0 unspecified atom stereocenters. The fraction of sp³-hybridized carbons (Fsp3) is 0.611. The lowest BCUT2D eigenvalue weighted by molar-refractivity contribution is 0.0290. The molecule has 1 atom stereocenters. The Labute approximate surface area is 155 Å². The molecule has 0 spiro atoms. The van der Waals surface area contributed by atoms with Crippen LogP contribution in [0.15, 0.2) is 29.2 Å². The smallest absolute Gasteiger partial charge is 0.251 e. The van der Waals surface area contributed by atoms with E-state index >= 15 is 0 Å². The number of carbonyl (C=O) groups is 1. The Morgan fingerprint density at radius 3 is 2.73 bits per heavy atom. The maximum atomic E-state index is 12.9. The summed E-state index contributed by atoms with van der Waals surface area (Å²) < 4.78 is 32.9. The molecule has 0 bridgehead atoms. The van der Waals surface area contributed by atoms with Gasteiger partial charge in [0.15, 0.2) is 0 Å². The van der Waals surface area contributed by atoms with Gasteiger partial charge in [-0.1, -0.05) is 6.07 Å². The molecule has 2 fully saturated rings. The molecular formula is C18H27N3O4S. The molecule has 2 N–H and O–H groups in total. The minimum absolute atomic E-state index is 0.0976. The summed E-state index contributed by atoms with van der Waals surface area (Å²) in [4.78, 5) is 12.6. The molecule has 0 aromatic heterocycles. The van der Waals surface area contributed by atoms with Gasteiger partial charge in [-0.2, -0.15) is 4.31 Å². The van der Waals surface area contributed by atoms with Crippen molar-refractivity contribution in [2.24, 2.45) is 0 Å². The quantitative estimate of drug-likeness (QED) is 0.767. The number of piperidine rings is 1. The first-order valence-corrected chi connectivity index (χ1v) is 10.7. The molecule has 0 aliphatic carbocycles. The average Bonchev–Trinajstić information content (AvgIpc) is 3.15. The van der Waals surface area contributed by atoms with Gasteiger partial charge in [0.25, 0.3) is 5.91 Å². The second-order valence-electron chi connectivity index (χ2n) is 6.75. The molecule has 2 heterocycles. The Morgan fingerprint density at radius 2 is 2.08 bits per heavy atom. The third-order valence-electron chi connectivity index (χ3n) is 4.93. The summed E-state index contributed by atoms with van der Waals surface area (Å²) in [5, 5.41) is 6.14. The van der Waals surface area contributed by atoms with E-state index in [9.17, 15) is 13.2 Å². The first kappa shape index (κ1) is 19.3. The van der Waals surface area contributed by atoms with E-state index in [-0.39, 0.29) is 22.9 Å². The van der Waals surface area contributed by atoms with Crippen LogP contribution in [0.2, 0.25) is 0 Å². The molecule has 3 rings (SSSR count). The highest BCUT2D eigenvalue weighted by Crippen LogP contribution is 2.23. The standard InChI is InChI=1S/C18H27N3O4S/c1-2-25-16-7-10-21(11-8-16)26(23,24)17-5-3-4-14(12-17)18(22)20-15-6-9-19-13-15/h3-5,12,15-16,19H,2,6-11,13H2,1H3,(H,20,22)/t15-/m0/s1. The van der Waals surface area contributed by atoms with Gasteiger partial charge >= 0.3 is 0 Å². The lowest BCUT2D eigenvalue weighted by atomic mass is 10.1. The second kappa shape index (κ2) is 8.47. The van der Waals surface area contributed by atoms with Gasteiger partial charge in [0.2, 0.25) is 10.0 Å². The zero-order valence-electron chi connectivity index (χ0n) is 15.1. The predicted octanol–water partition coefficient (Wildman–Crippen LogP) is 0.968. The first-order chi connectivity index (χ1) is 12.5. The summed E-state index contributed by atoms with van der Waals surface area (Å²) in [6.07, 6.45) is 2.41. The van der Waals surface area contributed by atoms with Crippen molar-refractivity contribution in [2.45, 2.75) is 43.2 Å². The van der Waals surface area contributed by atoms with Gasteiger partial charge in [0.1, 0.15) is 0 Å². The predicted molar refractivity (Wildman–Crippen MR) is 98.6 cm³/mol. The maximum Gasteiger partial charge on any atom is 0.251 e. The Hall–Kier alpha value is -1.48. The van der Waals surface area contributed by atoms with E-state index in [1.54, 1.807) is 18.2 Å². The Balaban J connectivity index is 1.69. The van der Waals surface area contributed by atoms with Crippen LogP contribution in [-0.4, -0.2) is 63.6 Å². The number of carbonyl (C=O) groups excluding carboxylic acids is 1. The summed E-state index contributed by atoms with van der Waals surface area (Å²) in [5.74, 6) is -0.231. The van der Waals surface area contributed by atoms with Crippen LogP contribution < -0.4 is 10.6 Å². The van der Waals surface area contributed by atoms with E-state index in [0.29, 0.717) is 38.1 Å². The van der Waals surface area contributed by atoms with E-state index in [0.717, 1.165) is 19.5 Å². The van der Waals surface area contributed by atoms with Gasteiger partial charge in [-0.25, -0.2) is 8.42 Å².